The molecule has 1 aliphatic heterocycles. The number of aromatic hydroxyl groups is 2. The van der Waals surface area contributed by atoms with Gasteiger partial charge in [-0.05, 0) is 110 Å². The minimum absolute atomic E-state index is 0.0468. The molecule has 0 fully saturated rings. The molecule has 0 spiro atoms. The molecule has 4 rings (SSSR count). The van der Waals surface area contributed by atoms with Gasteiger partial charge in [-0.1, -0.05) is 27.7 Å². The van der Waals surface area contributed by atoms with Crippen molar-refractivity contribution < 1.29 is 29.6 Å². The predicted octanol–water partition coefficient (Wildman–Crippen LogP) is 7.03. The average molecular weight is 632 g/mol. The Hall–Kier alpha value is -2.84. The lowest BCUT2D eigenvalue weighted by Gasteiger charge is -2.35. The molecule has 8 heteroatoms. The van der Waals surface area contributed by atoms with Gasteiger partial charge in [0.25, 0.3) is 0 Å². The van der Waals surface area contributed by atoms with Crippen LogP contribution in [0.25, 0.3) is 0 Å². The Balaban J connectivity index is 2.27. The van der Waals surface area contributed by atoms with Crippen LogP contribution in [0.5, 0.6) is 11.5 Å². The molecule has 0 atom stereocenters. The SMILES string of the molecule is CCc1cc(O)c(C2(c3c(O)cc(CC)c(CC)c3Br)OC(=O)c3ccc(C(=O)O)cc32)c(Br)c1CC. The lowest BCUT2D eigenvalue weighted by Crippen LogP contribution is -2.32. The van der Waals surface area contributed by atoms with E-state index >= 15 is 0 Å². The van der Waals surface area contributed by atoms with Crippen LogP contribution in [-0.2, 0) is 36.0 Å². The van der Waals surface area contributed by atoms with Gasteiger partial charge in [0.2, 0.25) is 0 Å². The topological polar surface area (TPSA) is 104 Å². The van der Waals surface area contributed by atoms with E-state index in [0.717, 1.165) is 22.3 Å². The van der Waals surface area contributed by atoms with Gasteiger partial charge in [0.15, 0.2) is 5.60 Å². The van der Waals surface area contributed by atoms with E-state index in [4.69, 9.17) is 4.74 Å². The summed E-state index contributed by atoms with van der Waals surface area (Å²) in [7, 11) is 0. The van der Waals surface area contributed by atoms with Crippen molar-refractivity contribution in [1.29, 1.82) is 0 Å². The van der Waals surface area contributed by atoms with Gasteiger partial charge in [0, 0.05) is 14.5 Å². The number of phenols is 2. The summed E-state index contributed by atoms with van der Waals surface area (Å²) in [5.41, 5.74) is 2.69. The number of carboxylic acid groups (broad SMARTS) is 1. The molecule has 0 bridgehead atoms. The number of aryl methyl sites for hydroxylation is 2. The molecular formula is C29H28Br2O6. The summed E-state index contributed by atoms with van der Waals surface area (Å²) in [6.45, 7) is 7.95. The van der Waals surface area contributed by atoms with Gasteiger partial charge in [-0.2, -0.15) is 0 Å². The van der Waals surface area contributed by atoms with Crippen LogP contribution in [0, 0.1) is 0 Å². The first-order chi connectivity index (χ1) is 17.6. The zero-order valence-electron chi connectivity index (χ0n) is 21.0. The number of fused-ring (bicyclic) bond motifs is 1. The quantitative estimate of drug-likeness (QED) is 0.242. The van der Waals surface area contributed by atoms with Crippen molar-refractivity contribution in [2.75, 3.05) is 0 Å². The molecule has 194 valence electrons. The van der Waals surface area contributed by atoms with Gasteiger partial charge >= 0.3 is 11.9 Å². The number of carbonyl (C=O) groups is 2. The Morgan fingerprint density at radius 1 is 0.838 bits per heavy atom. The molecule has 0 saturated carbocycles. The molecule has 0 unspecified atom stereocenters. The summed E-state index contributed by atoms with van der Waals surface area (Å²) in [6, 6.07) is 7.46. The molecule has 6 nitrogen and oxygen atoms in total. The van der Waals surface area contributed by atoms with Gasteiger partial charge in [0.1, 0.15) is 11.5 Å². The number of rotatable bonds is 7. The fraction of sp³-hybridized carbons (Fsp3) is 0.310. The van der Waals surface area contributed by atoms with Crippen LogP contribution in [-0.4, -0.2) is 27.3 Å². The largest absolute Gasteiger partial charge is 0.507 e. The number of carbonyl (C=O) groups excluding carboxylic acids is 1. The van der Waals surface area contributed by atoms with Crippen LogP contribution in [0.1, 0.15) is 87.4 Å². The molecule has 0 radical (unpaired) electrons. The molecule has 0 aromatic heterocycles. The Morgan fingerprint density at radius 3 is 1.73 bits per heavy atom. The summed E-state index contributed by atoms with van der Waals surface area (Å²) in [5, 5.41) is 32.7. The Bertz CT molecular complexity index is 1380. The lowest BCUT2D eigenvalue weighted by molar-refractivity contribution is 0.0234. The van der Waals surface area contributed by atoms with Gasteiger partial charge < -0.3 is 20.1 Å². The number of hydrogen-bond acceptors (Lipinski definition) is 5. The highest BCUT2D eigenvalue weighted by atomic mass is 79.9. The first kappa shape index (κ1) is 27.2. The van der Waals surface area contributed by atoms with Crippen molar-refractivity contribution in [3.63, 3.8) is 0 Å². The van der Waals surface area contributed by atoms with Gasteiger partial charge in [0.05, 0.1) is 22.3 Å². The van der Waals surface area contributed by atoms with Gasteiger partial charge in [-0.15, -0.1) is 0 Å². The van der Waals surface area contributed by atoms with E-state index in [0.29, 0.717) is 34.6 Å². The highest BCUT2D eigenvalue weighted by Crippen LogP contribution is 2.57. The van der Waals surface area contributed by atoms with Crippen LogP contribution >= 0.6 is 31.9 Å². The summed E-state index contributed by atoms with van der Waals surface area (Å²) < 4.78 is 7.26. The van der Waals surface area contributed by atoms with Crippen molar-refractivity contribution >= 4 is 43.8 Å². The number of halogens is 2. The molecule has 3 N–H and O–H groups in total. The smallest absolute Gasteiger partial charge is 0.340 e. The van der Waals surface area contributed by atoms with Gasteiger partial charge in [-0.3, -0.25) is 0 Å². The van der Waals surface area contributed by atoms with E-state index in [1.54, 1.807) is 12.1 Å². The van der Waals surface area contributed by atoms with Crippen molar-refractivity contribution in [3.8, 4) is 11.5 Å². The fourth-order valence-corrected chi connectivity index (χ4v) is 7.45. The number of benzene rings is 3. The summed E-state index contributed by atoms with van der Waals surface area (Å²) in [4.78, 5) is 25.3. The number of esters is 1. The molecular weight excluding hydrogens is 604 g/mol. The summed E-state index contributed by atoms with van der Waals surface area (Å²) in [5.74, 6) is -2.12. The number of ether oxygens (including phenoxy) is 1. The number of phenolic OH excluding ortho intramolecular Hbond substituents is 2. The maximum atomic E-state index is 13.3. The minimum atomic E-state index is -1.82. The second kappa shape index (κ2) is 10.1. The first-order valence-electron chi connectivity index (χ1n) is 12.3. The minimum Gasteiger partial charge on any atom is -0.507 e. The third-order valence-corrected chi connectivity index (χ3v) is 8.91. The molecule has 1 heterocycles. The normalized spacial score (nSPS) is 13.9. The molecule has 1 aliphatic rings. The number of hydrogen-bond donors (Lipinski definition) is 3. The number of carboxylic acids is 1. The summed E-state index contributed by atoms with van der Waals surface area (Å²) in [6.07, 6.45) is 2.60. The lowest BCUT2D eigenvalue weighted by atomic mass is 9.76. The summed E-state index contributed by atoms with van der Waals surface area (Å²) >= 11 is 7.39. The fourth-order valence-electron chi connectivity index (χ4n) is 5.41. The van der Waals surface area contributed by atoms with Crippen LogP contribution in [0.3, 0.4) is 0 Å². The van der Waals surface area contributed by atoms with E-state index < -0.39 is 17.5 Å². The Morgan fingerprint density at radius 2 is 1.32 bits per heavy atom. The molecule has 3 aromatic carbocycles. The van der Waals surface area contributed by atoms with Crippen molar-refractivity contribution in [2.24, 2.45) is 0 Å². The first-order valence-corrected chi connectivity index (χ1v) is 13.8. The van der Waals surface area contributed by atoms with E-state index in [1.807, 2.05) is 27.7 Å². The predicted molar refractivity (Wildman–Crippen MR) is 148 cm³/mol. The standard InChI is InChI=1S/C29H28Br2O6/c1-5-14-12-21(32)23(25(30)17(14)7-3)29(24-22(33)13-15(6-2)18(8-4)26(24)31)20-11-16(27(34)35)9-10-19(20)28(36)37-29/h9-13,32-33H,5-8H2,1-4H3,(H,34,35). The van der Waals surface area contributed by atoms with Crippen molar-refractivity contribution in [2.45, 2.75) is 59.0 Å². The Kier molecular flexibility index (Phi) is 7.45. The van der Waals surface area contributed by atoms with E-state index in [2.05, 4.69) is 31.9 Å². The van der Waals surface area contributed by atoms with E-state index in [9.17, 15) is 24.9 Å². The highest BCUT2D eigenvalue weighted by molar-refractivity contribution is 9.11. The average Bonchev–Trinajstić information content (AvgIpc) is 3.14. The van der Waals surface area contributed by atoms with Crippen LogP contribution in [0.15, 0.2) is 39.3 Å². The second-order valence-electron chi connectivity index (χ2n) is 9.00. The van der Waals surface area contributed by atoms with Crippen LogP contribution < -0.4 is 0 Å². The second-order valence-corrected chi connectivity index (χ2v) is 10.6. The molecule has 37 heavy (non-hydrogen) atoms. The maximum absolute atomic E-state index is 13.3. The third-order valence-electron chi connectivity index (χ3n) is 7.16. The molecule has 0 aliphatic carbocycles. The van der Waals surface area contributed by atoms with E-state index in [1.165, 1.54) is 18.2 Å². The van der Waals surface area contributed by atoms with Crippen LogP contribution in [0.4, 0.5) is 0 Å². The third kappa shape index (κ3) is 4.05. The van der Waals surface area contributed by atoms with Crippen molar-refractivity contribution in [3.05, 3.63) is 89.3 Å². The van der Waals surface area contributed by atoms with Crippen LogP contribution in [0.2, 0.25) is 0 Å². The zero-order chi connectivity index (χ0) is 27.2. The Labute approximate surface area is 232 Å². The number of cyclic esters (lactones) is 1. The number of aromatic carboxylic acids is 1. The monoisotopic (exact) mass is 630 g/mol. The molecule has 0 saturated heterocycles. The highest BCUT2D eigenvalue weighted by Gasteiger charge is 2.54. The van der Waals surface area contributed by atoms with Gasteiger partial charge in [-0.25, -0.2) is 9.59 Å². The zero-order valence-corrected chi connectivity index (χ0v) is 24.2. The van der Waals surface area contributed by atoms with Crippen molar-refractivity contribution in [1.82, 2.24) is 0 Å². The molecule has 0 amide bonds. The molecule has 3 aromatic rings. The maximum Gasteiger partial charge on any atom is 0.340 e. The van der Waals surface area contributed by atoms with E-state index in [-0.39, 0.29) is 39.3 Å².